The predicted molar refractivity (Wildman–Crippen MR) is 105 cm³/mol. The van der Waals surface area contributed by atoms with Gasteiger partial charge in [-0.15, -0.1) is 10.2 Å². The molecular formula is C18H25N5O2S. The van der Waals surface area contributed by atoms with Crippen LogP contribution in [0.1, 0.15) is 61.8 Å². The Balaban J connectivity index is 1.96. The lowest BCUT2D eigenvalue weighted by atomic mass is 10.1. The summed E-state index contributed by atoms with van der Waals surface area (Å²) < 4.78 is 0. The van der Waals surface area contributed by atoms with Gasteiger partial charge < -0.3 is 10.6 Å². The number of carbonyl (C=O) groups is 2. The fraction of sp³-hybridized carbons (Fsp3) is 0.444. The van der Waals surface area contributed by atoms with Crippen molar-refractivity contribution in [3.63, 3.8) is 0 Å². The lowest BCUT2D eigenvalue weighted by Crippen LogP contribution is -2.34. The topological polar surface area (TPSA) is 96.0 Å². The molecule has 26 heavy (non-hydrogen) atoms. The first-order valence-corrected chi connectivity index (χ1v) is 9.56. The van der Waals surface area contributed by atoms with E-state index in [0.29, 0.717) is 22.3 Å². The minimum absolute atomic E-state index is 0.0526. The SMILES string of the molecule is CCC(CC)c1nnc(NC(=O)c2ccc(NC(=O)NC(C)C)cc2)s1. The summed E-state index contributed by atoms with van der Waals surface area (Å²) >= 11 is 1.41. The lowest BCUT2D eigenvalue weighted by molar-refractivity contribution is 0.102. The highest BCUT2D eigenvalue weighted by Gasteiger charge is 2.15. The van der Waals surface area contributed by atoms with E-state index in [9.17, 15) is 9.59 Å². The van der Waals surface area contributed by atoms with Crippen molar-refractivity contribution in [3.8, 4) is 0 Å². The lowest BCUT2D eigenvalue weighted by Gasteiger charge is -2.10. The maximum absolute atomic E-state index is 12.3. The Morgan fingerprint density at radius 1 is 1.04 bits per heavy atom. The van der Waals surface area contributed by atoms with Crippen LogP contribution in [0.5, 0.6) is 0 Å². The number of nitrogens with one attached hydrogen (secondary N) is 3. The van der Waals surface area contributed by atoms with Crippen molar-refractivity contribution in [2.75, 3.05) is 10.6 Å². The molecule has 0 unspecified atom stereocenters. The first kappa shape index (κ1) is 19.8. The molecule has 0 spiro atoms. The van der Waals surface area contributed by atoms with Gasteiger partial charge in [0.2, 0.25) is 5.13 Å². The third kappa shape index (κ3) is 5.52. The second-order valence-electron chi connectivity index (χ2n) is 6.24. The molecule has 0 fully saturated rings. The van der Waals surface area contributed by atoms with Crippen LogP contribution < -0.4 is 16.0 Å². The van der Waals surface area contributed by atoms with Gasteiger partial charge >= 0.3 is 6.03 Å². The molecule has 7 nitrogen and oxygen atoms in total. The molecular weight excluding hydrogens is 350 g/mol. The number of benzene rings is 1. The van der Waals surface area contributed by atoms with E-state index in [4.69, 9.17) is 0 Å². The fourth-order valence-electron chi connectivity index (χ4n) is 2.39. The molecule has 0 aliphatic rings. The highest BCUT2D eigenvalue weighted by molar-refractivity contribution is 7.15. The third-order valence-corrected chi connectivity index (χ3v) is 4.82. The van der Waals surface area contributed by atoms with E-state index in [0.717, 1.165) is 17.8 Å². The minimum atomic E-state index is -0.278. The zero-order valence-electron chi connectivity index (χ0n) is 15.5. The van der Waals surface area contributed by atoms with E-state index in [1.807, 2.05) is 13.8 Å². The maximum Gasteiger partial charge on any atom is 0.319 e. The van der Waals surface area contributed by atoms with E-state index >= 15 is 0 Å². The van der Waals surface area contributed by atoms with Crippen LogP contribution >= 0.6 is 11.3 Å². The molecule has 0 bridgehead atoms. The fourth-order valence-corrected chi connectivity index (χ4v) is 3.40. The van der Waals surface area contributed by atoms with Gasteiger partial charge in [-0.1, -0.05) is 25.2 Å². The molecule has 0 radical (unpaired) electrons. The standard InChI is InChI=1S/C18H25N5O2S/c1-5-12(6-2)16-22-23-18(26-16)21-15(24)13-7-9-14(10-8-13)20-17(25)19-11(3)4/h7-12H,5-6H2,1-4H3,(H2,19,20,25)(H,21,23,24). The smallest absolute Gasteiger partial charge is 0.319 e. The highest BCUT2D eigenvalue weighted by Crippen LogP contribution is 2.28. The summed E-state index contributed by atoms with van der Waals surface area (Å²) in [6.07, 6.45) is 2.00. The van der Waals surface area contributed by atoms with Crippen LogP contribution in [0.4, 0.5) is 15.6 Å². The molecule has 2 rings (SSSR count). The average molecular weight is 375 g/mol. The molecule has 0 saturated carbocycles. The number of anilines is 2. The quantitative estimate of drug-likeness (QED) is 0.675. The number of hydrogen-bond donors (Lipinski definition) is 3. The van der Waals surface area contributed by atoms with Crippen molar-refractivity contribution in [2.24, 2.45) is 0 Å². The van der Waals surface area contributed by atoms with Gasteiger partial charge in [-0.05, 0) is 51.0 Å². The first-order chi connectivity index (χ1) is 12.4. The summed E-state index contributed by atoms with van der Waals surface area (Å²) in [7, 11) is 0. The van der Waals surface area contributed by atoms with E-state index in [2.05, 4.69) is 40.0 Å². The zero-order chi connectivity index (χ0) is 19.1. The molecule has 0 aliphatic carbocycles. The summed E-state index contributed by atoms with van der Waals surface area (Å²) in [4.78, 5) is 24.0. The molecule has 0 saturated heterocycles. The Hall–Kier alpha value is -2.48. The van der Waals surface area contributed by atoms with Crippen LogP contribution in [-0.2, 0) is 0 Å². The van der Waals surface area contributed by atoms with E-state index in [-0.39, 0.29) is 18.0 Å². The second kappa shape index (κ2) is 9.28. The van der Waals surface area contributed by atoms with Crippen molar-refractivity contribution in [3.05, 3.63) is 34.8 Å². The van der Waals surface area contributed by atoms with Gasteiger partial charge in [0.25, 0.3) is 5.91 Å². The summed E-state index contributed by atoms with van der Waals surface area (Å²) in [5.41, 5.74) is 1.10. The predicted octanol–water partition coefficient (Wildman–Crippen LogP) is 4.22. The van der Waals surface area contributed by atoms with Crippen LogP contribution in [0, 0.1) is 0 Å². The summed E-state index contributed by atoms with van der Waals surface area (Å²) in [6.45, 7) is 8.00. The highest BCUT2D eigenvalue weighted by atomic mass is 32.1. The normalized spacial score (nSPS) is 10.8. The number of nitrogens with zero attached hydrogens (tertiary/aromatic N) is 2. The molecule has 3 N–H and O–H groups in total. The molecule has 3 amide bonds. The number of hydrogen-bond acceptors (Lipinski definition) is 5. The Labute approximate surface area is 157 Å². The van der Waals surface area contributed by atoms with E-state index < -0.39 is 0 Å². The Kier molecular flexibility index (Phi) is 7.08. The maximum atomic E-state index is 12.3. The summed E-state index contributed by atoms with van der Waals surface area (Å²) in [5.74, 6) is 0.121. The molecule has 1 aromatic carbocycles. The van der Waals surface area contributed by atoms with Gasteiger partial charge in [0.1, 0.15) is 5.01 Å². The molecule has 140 valence electrons. The molecule has 0 atom stereocenters. The van der Waals surface area contributed by atoms with Gasteiger partial charge in [-0.2, -0.15) is 0 Å². The number of urea groups is 1. The molecule has 2 aromatic rings. The first-order valence-electron chi connectivity index (χ1n) is 8.75. The van der Waals surface area contributed by atoms with Gasteiger partial charge in [0, 0.05) is 23.2 Å². The van der Waals surface area contributed by atoms with Crippen molar-refractivity contribution in [1.82, 2.24) is 15.5 Å². The van der Waals surface area contributed by atoms with Gasteiger partial charge in [0.05, 0.1) is 0 Å². The number of carbonyl (C=O) groups excluding carboxylic acids is 2. The minimum Gasteiger partial charge on any atom is -0.336 e. The van der Waals surface area contributed by atoms with E-state index in [1.165, 1.54) is 11.3 Å². The largest absolute Gasteiger partial charge is 0.336 e. The van der Waals surface area contributed by atoms with Crippen LogP contribution in [-0.4, -0.2) is 28.2 Å². The molecule has 1 aromatic heterocycles. The number of rotatable bonds is 7. The van der Waals surface area contributed by atoms with Crippen LogP contribution in [0.2, 0.25) is 0 Å². The van der Waals surface area contributed by atoms with Crippen molar-refractivity contribution in [2.45, 2.75) is 52.5 Å². The van der Waals surface area contributed by atoms with Gasteiger partial charge in [-0.25, -0.2) is 4.79 Å². The monoisotopic (exact) mass is 375 g/mol. The Morgan fingerprint density at radius 2 is 1.69 bits per heavy atom. The van der Waals surface area contributed by atoms with Crippen molar-refractivity contribution in [1.29, 1.82) is 0 Å². The molecule has 8 heteroatoms. The summed E-state index contributed by atoms with van der Waals surface area (Å²) in [5, 5.41) is 17.9. The molecule has 0 aliphatic heterocycles. The Morgan fingerprint density at radius 3 is 2.27 bits per heavy atom. The van der Waals surface area contributed by atoms with Gasteiger partial charge in [-0.3, -0.25) is 10.1 Å². The number of amides is 3. The Bertz CT molecular complexity index is 738. The van der Waals surface area contributed by atoms with Crippen molar-refractivity contribution >= 4 is 34.1 Å². The zero-order valence-corrected chi connectivity index (χ0v) is 16.3. The average Bonchev–Trinajstić information content (AvgIpc) is 3.04. The van der Waals surface area contributed by atoms with Crippen molar-refractivity contribution < 1.29 is 9.59 Å². The summed E-state index contributed by atoms with van der Waals surface area (Å²) in [6, 6.07) is 6.46. The number of aromatic nitrogens is 2. The second-order valence-corrected chi connectivity index (χ2v) is 7.25. The van der Waals surface area contributed by atoms with Crippen LogP contribution in [0.25, 0.3) is 0 Å². The van der Waals surface area contributed by atoms with Gasteiger partial charge in [0.15, 0.2) is 0 Å². The third-order valence-electron chi connectivity index (χ3n) is 3.82. The van der Waals surface area contributed by atoms with Crippen LogP contribution in [0.15, 0.2) is 24.3 Å². The molecule has 1 heterocycles. The van der Waals surface area contributed by atoms with E-state index in [1.54, 1.807) is 24.3 Å². The van der Waals surface area contributed by atoms with Crippen LogP contribution in [0.3, 0.4) is 0 Å².